The molecule has 0 fully saturated rings. The maximum Gasteiger partial charge on any atom is 0.263 e. The van der Waals surface area contributed by atoms with E-state index in [9.17, 15) is 4.79 Å². The van der Waals surface area contributed by atoms with Crippen molar-refractivity contribution in [3.05, 3.63) is 52.8 Å². The number of rotatable bonds is 3. The maximum absolute atomic E-state index is 12.2. The number of nitrogens with two attached hydrogens (primary N) is 1. The largest absolute Gasteiger partial charge is 0.467 e. The number of thiophene rings is 1. The number of fused-ring (bicyclic) bond motifs is 1. The van der Waals surface area contributed by atoms with Crippen LogP contribution in [0.3, 0.4) is 0 Å². The molecule has 20 heavy (non-hydrogen) atoms. The van der Waals surface area contributed by atoms with Gasteiger partial charge in [-0.15, -0.1) is 11.3 Å². The molecule has 0 aliphatic heterocycles. The van der Waals surface area contributed by atoms with Gasteiger partial charge in [-0.1, -0.05) is 12.1 Å². The van der Waals surface area contributed by atoms with Crippen LogP contribution in [-0.4, -0.2) is 5.91 Å². The quantitative estimate of drug-likeness (QED) is 0.776. The van der Waals surface area contributed by atoms with Gasteiger partial charge in [-0.2, -0.15) is 0 Å². The number of benzene rings is 1. The smallest absolute Gasteiger partial charge is 0.263 e. The van der Waals surface area contributed by atoms with Crippen molar-refractivity contribution in [2.45, 2.75) is 13.5 Å². The van der Waals surface area contributed by atoms with Gasteiger partial charge in [0.05, 0.1) is 18.5 Å². The van der Waals surface area contributed by atoms with E-state index >= 15 is 0 Å². The molecule has 0 saturated carbocycles. The van der Waals surface area contributed by atoms with E-state index < -0.39 is 0 Å². The zero-order valence-corrected chi connectivity index (χ0v) is 11.8. The summed E-state index contributed by atoms with van der Waals surface area (Å²) in [6.07, 6.45) is 1.58. The van der Waals surface area contributed by atoms with E-state index in [0.717, 1.165) is 15.6 Å². The molecule has 1 amide bonds. The molecule has 3 N–H and O–H groups in total. The Balaban J connectivity index is 1.85. The number of nitrogens with one attached hydrogen (secondary N) is 1. The van der Waals surface area contributed by atoms with Crippen LogP contribution in [0.2, 0.25) is 0 Å². The number of hydrogen-bond donors (Lipinski definition) is 2. The van der Waals surface area contributed by atoms with Crippen LogP contribution < -0.4 is 11.1 Å². The summed E-state index contributed by atoms with van der Waals surface area (Å²) >= 11 is 1.42. The lowest BCUT2D eigenvalue weighted by molar-refractivity contribution is 0.0953. The molecule has 0 unspecified atom stereocenters. The summed E-state index contributed by atoms with van der Waals surface area (Å²) in [5.74, 6) is 0.548. The summed E-state index contributed by atoms with van der Waals surface area (Å²) in [5.41, 5.74) is 7.76. The van der Waals surface area contributed by atoms with Crippen LogP contribution in [0, 0.1) is 6.92 Å². The molecule has 5 heteroatoms. The van der Waals surface area contributed by atoms with Crippen LogP contribution in [0.25, 0.3) is 10.1 Å². The average Bonchev–Trinajstić information content (AvgIpc) is 3.04. The number of carbonyl (C=O) groups is 1. The maximum atomic E-state index is 12.2. The lowest BCUT2D eigenvalue weighted by Crippen LogP contribution is -2.22. The van der Waals surface area contributed by atoms with Crippen molar-refractivity contribution in [3.8, 4) is 0 Å². The number of aryl methyl sites for hydroxylation is 1. The van der Waals surface area contributed by atoms with Crippen LogP contribution in [0.15, 0.2) is 41.0 Å². The Morgan fingerprint density at radius 3 is 3.00 bits per heavy atom. The van der Waals surface area contributed by atoms with E-state index in [1.54, 1.807) is 12.3 Å². The van der Waals surface area contributed by atoms with Gasteiger partial charge in [-0.3, -0.25) is 4.79 Å². The van der Waals surface area contributed by atoms with E-state index in [-0.39, 0.29) is 5.91 Å². The zero-order chi connectivity index (χ0) is 14.1. The standard InChI is InChI=1S/C15H14N2O2S/c1-9-4-5-11-12(7-9)20-14(13(11)16)15(18)17-8-10-3-2-6-19-10/h2-7H,8,16H2,1H3,(H,17,18). The summed E-state index contributed by atoms with van der Waals surface area (Å²) in [5, 5.41) is 3.75. The first-order chi connectivity index (χ1) is 9.65. The highest BCUT2D eigenvalue weighted by Gasteiger charge is 2.16. The molecule has 0 aliphatic carbocycles. The van der Waals surface area contributed by atoms with E-state index in [1.807, 2.05) is 31.2 Å². The normalized spacial score (nSPS) is 10.8. The summed E-state index contributed by atoms with van der Waals surface area (Å²) in [4.78, 5) is 12.7. The van der Waals surface area contributed by atoms with Crippen LogP contribution in [-0.2, 0) is 6.54 Å². The van der Waals surface area contributed by atoms with Gasteiger partial charge in [0.15, 0.2) is 0 Å². The first-order valence-electron chi connectivity index (χ1n) is 6.24. The van der Waals surface area contributed by atoms with Gasteiger partial charge < -0.3 is 15.5 Å². The number of nitrogen functional groups attached to an aromatic ring is 1. The van der Waals surface area contributed by atoms with Crippen molar-refractivity contribution >= 4 is 33.0 Å². The molecule has 0 bridgehead atoms. The Bertz CT molecular complexity index is 760. The van der Waals surface area contributed by atoms with Crippen LogP contribution in [0.1, 0.15) is 21.0 Å². The third-order valence-corrected chi connectivity index (χ3v) is 4.26. The summed E-state index contributed by atoms with van der Waals surface area (Å²) in [7, 11) is 0. The van der Waals surface area contributed by atoms with Gasteiger partial charge >= 0.3 is 0 Å². The third kappa shape index (κ3) is 2.28. The number of furan rings is 1. The van der Waals surface area contributed by atoms with Crippen molar-refractivity contribution in [1.82, 2.24) is 5.32 Å². The van der Waals surface area contributed by atoms with Gasteiger partial charge in [0.1, 0.15) is 10.6 Å². The van der Waals surface area contributed by atoms with Crippen LogP contribution in [0.5, 0.6) is 0 Å². The SMILES string of the molecule is Cc1ccc2c(N)c(C(=O)NCc3ccco3)sc2c1. The molecule has 0 saturated heterocycles. The van der Waals surface area contributed by atoms with E-state index in [2.05, 4.69) is 5.32 Å². The predicted molar refractivity (Wildman–Crippen MR) is 80.9 cm³/mol. The summed E-state index contributed by atoms with van der Waals surface area (Å²) in [6, 6.07) is 9.60. The van der Waals surface area contributed by atoms with Crippen molar-refractivity contribution in [3.63, 3.8) is 0 Å². The Labute approximate surface area is 120 Å². The molecule has 0 radical (unpaired) electrons. The number of anilines is 1. The highest BCUT2D eigenvalue weighted by atomic mass is 32.1. The first kappa shape index (κ1) is 12.7. The van der Waals surface area contributed by atoms with Crippen LogP contribution >= 0.6 is 11.3 Å². The molecule has 102 valence electrons. The second-order valence-electron chi connectivity index (χ2n) is 4.61. The molecule has 2 aromatic heterocycles. The van der Waals surface area contributed by atoms with Gasteiger partial charge in [0.25, 0.3) is 5.91 Å². The third-order valence-electron chi connectivity index (χ3n) is 3.09. The fourth-order valence-corrected chi connectivity index (χ4v) is 3.19. The van der Waals surface area contributed by atoms with E-state index in [4.69, 9.17) is 10.2 Å². The van der Waals surface area contributed by atoms with Gasteiger partial charge in [-0.25, -0.2) is 0 Å². The minimum absolute atomic E-state index is 0.169. The minimum atomic E-state index is -0.169. The molecular formula is C15H14N2O2S. The summed E-state index contributed by atoms with van der Waals surface area (Å²) in [6.45, 7) is 2.38. The fraction of sp³-hybridized carbons (Fsp3) is 0.133. The van der Waals surface area contributed by atoms with Crippen molar-refractivity contribution in [2.24, 2.45) is 0 Å². The Hall–Kier alpha value is -2.27. The van der Waals surface area contributed by atoms with E-state index in [1.165, 1.54) is 11.3 Å². The zero-order valence-electron chi connectivity index (χ0n) is 11.0. The highest BCUT2D eigenvalue weighted by Crippen LogP contribution is 2.34. The molecule has 0 atom stereocenters. The number of hydrogen-bond acceptors (Lipinski definition) is 4. The molecule has 3 rings (SSSR count). The molecular weight excluding hydrogens is 272 g/mol. The molecule has 3 aromatic rings. The topological polar surface area (TPSA) is 68.3 Å². The number of amides is 1. The second-order valence-corrected chi connectivity index (χ2v) is 5.66. The second kappa shape index (κ2) is 5.02. The van der Waals surface area contributed by atoms with E-state index in [0.29, 0.717) is 22.9 Å². The molecule has 2 heterocycles. The first-order valence-corrected chi connectivity index (χ1v) is 7.06. The van der Waals surface area contributed by atoms with Crippen molar-refractivity contribution in [1.29, 1.82) is 0 Å². The van der Waals surface area contributed by atoms with Crippen molar-refractivity contribution < 1.29 is 9.21 Å². The monoisotopic (exact) mass is 286 g/mol. The Kier molecular flexibility index (Phi) is 3.20. The lowest BCUT2D eigenvalue weighted by atomic mass is 10.1. The van der Waals surface area contributed by atoms with Gasteiger partial charge in [0, 0.05) is 10.1 Å². The number of carbonyl (C=O) groups excluding carboxylic acids is 1. The Morgan fingerprint density at radius 2 is 2.25 bits per heavy atom. The minimum Gasteiger partial charge on any atom is -0.467 e. The lowest BCUT2D eigenvalue weighted by Gasteiger charge is -2.01. The van der Waals surface area contributed by atoms with Gasteiger partial charge in [-0.05, 0) is 30.7 Å². The van der Waals surface area contributed by atoms with Crippen LogP contribution in [0.4, 0.5) is 5.69 Å². The average molecular weight is 286 g/mol. The predicted octanol–water partition coefficient (Wildman–Crippen LogP) is 3.31. The molecule has 0 spiro atoms. The van der Waals surface area contributed by atoms with Gasteiger partial charge in [0.2, 0.25) is 0 Å². The Morgan fingerprint density at radius 1 is 1.40 bits per heavy atom. The highest BCUT2D eigenvalue weighted by molar-refractivity contribution is 7.21. The molecule has 0 aliphatic rings. The fourth-order valence-electron chi connectivity index (χ4n) is 2.05. The summed E-state index contributed by atoms with van der Waals surface area (Å²) < 4.78 is 6.22. The van der Waals surface area contributed by atoms with Crippen molar-refractivity contribution in [2.75, 3.05) is 5.73 Å². The molecule has 1 aromatic carbocycles. The molecule has 4 nitrogen and oxygen atoms in total.